The Morgan fingerprint density at radius 1 is 0.844 bits per heavy atom. The van der Waals surface area contributed by atoms with Gasteiger partial charge in [0.25, 0.3) is 5.56 Å². The first-order chi connectivity index (χ1) is 15.7. The largest absolute Gasteiger partial charge is 0.494 e. The number of nitrogens with one attached hydrogen (secondary N) is 1. The van der Waals surface area contributed by atoms with Crippen molar-refractivity contribution in [2.24, 2.45) is 9.98 Å². The summed E-state index contributed by atoms with van der Waals surface area (Å²) in [6.45, 7) is 4.99. The number of nitrogens with zero attached hydrogens (tertiary/aromatic N) is 4. The third kappa shape index (κ3) is 3.01. The zero-order valence-corrected chi connectivity index (χ0v) is 17.6. The molecule has 3 heterocycles. The molecular formula is C25H23N5O2. The SMILES string of the molecule is O=c1c2ccc(=C3N=c4ccccc4=N3)c3cccc(c(O)n1CCN1CCNCC1)c32. The van der Waals surface area contributed by atoms with Crippen LogP contribution in [-0.4, -0.2) is 47.3 Å². The lowest BCUT2D eigenvalue weighted by Crippen LogP contribution is -2.45. The van der Waals surface area contributed by atoms with Gasteiger partial charge in [-0.15, -0.1) is 0 Å². The van der Waals surface area contributed by atoms with Crippen molar-refractivity contribution in [3.63, 3.8) is 0 Å². The molecule has 160 valence electrons. The second kappa shape index (κ2) is 7.55. The van der Waals surface area contributed by atoms with Gasteiger partial charge in [-0.05, 0) is 35.7 Å². The minimum Gasteiger partial charge on any atom is -0.494 e. The van der Waals surface area contributed by atoms with Crippen molar-refractivity contribution in [2.45, 2.75) is 6.54 Å². The maximum atomic E-state index is 13.4. The van der Waals surface area contributed by atoms with Gasteiger partial charge in [0.2, 0.25) is 5.88 Å². The van der Waals surface area contributed by atoms with Crippen LogP contribution < -0.4 is 26.8 Å². The Kier molecular flexibility index (Phi) is 4.52. The van der Waals surface area contributed by atoms with Gasteiger partial charge < -0.3 is 10.4 Å². The van der Waals surface area contributed by atoms with E-state index in [4.69, 9.17) is 0 Å². The quantitative estimate of drug-likeness (QED) is 0.501. The number of rotatable bonds is 3. The van der Waals surface area contributed by atoms with Crippen LogP contribution in [-0.2, 0) is 6.54 Å². The molecular weight excluding hydrogens is 402 g/mol. The van der Waals surface area contributed by atoms with Crippen molar-refractivity contribution in [3.05, 3.63) is 80.9 Å². The molecule has 2 aliphatic heterocycles. The monoisotopic (exact) mass is 425 g/mol. The summed E-state index contributed by atoms with van der Waals surface area (Å²) >= 11 is 0. The van der Waals surface area contributed by atoms with E-state index >= 15 is 0 Å². The van der Waals surface area contributed by atoms with E-state index in [2.05, 4.69) is 20.2 Å². The molecule has 1 saturated heterocycles. The van der Waals surface area contributed by atoms with Gasteiger partial charge >= 0.3 is 0 Å². The summed E-state index contributed by atoms with van der Waals surface area (Å²) in [6.07, 6.45) is 0. The number of piperazine rings is 1. The first kappa shape index (κ1) is 19.2. The maximum Gasteiger partial charge on any atom is 0.261 e. The number of pyridine rings is 1. The summed E-state index contributed by atoms with van der Waals surface area (Å²) < 4.78 is 1.51. The zero-order valence-electron chi connectivity index (χ0n) is 17.6. The minimum absolute atomic E-state index is 0.0222. The van der Waals surface area contributed by atoms with E-state index < -0.39 is 0 Å². The van der Waals surface area contributed by atoms with Crippen molar-refractivity contribution in [2.75, 3.05) is 32.7 Å². The highest BCUT2D eigenvalue weighted by molar-refractivity contribution is 6.11. The predicted octanol–water partition coefficient (Wildman–Crippen LogP) is 0.503. The highest BCUT2D eigenvalue weighted by atomic mass is 16.3. The molecule has 0 amide bonds. The Morgan fingerprint density at radius 2 is 1.56 bits per heavy atom. The number of benzene rings is 3. The van der Waals surface area contributed by atoms with E-state index in [1.165, 1.54) is 4.57 Å². The van der Waals surface area contributed by atoms with E-state index in [0.717, 1.165) is 59.4 Å². The van der Waals surface area contributed by atoms with Gasteiger partial charge in [-0.3, -0.25) is 14.3 Å². The average molecular weight is 425 g/mol. The third-order valence-electron chi connectivity index (χ3n) is 6.44. The lowest BCUT2D eigenvalue weighted by atomic mass is 10.0. The number of aromatic nitrogens is 1. The van der Waals surface area contributed by atoms with Gasteiger partial charge in [0.1, 0.15) is 0 Å². The van der Waals surface area contributed by atoms with Crippen LogP contribution in [0.1, 0.15) is 0 Å². The highest BCUT2D eigenvalue weighted by Crippen LogP contribution is 2.29. The van der Waals surface area contributed by atoms with Crippen LogP contribution in [0.5, 0.6) is 5.88 Å². The molecule has 0 spiro atoms. The first-order valence-electron chi connectivity index (χ1n) is 11.0. The molecule has 0 bridgehead atoms. The van der Waals surface area contributed by atoms with Gasteiger partial charge in [-0.2, -0.15) is 0 Å². The molecule has 0 atom stereocenters. The summed E-state index contributed by atoms with van der Waals surface area (Å²) in [4.78, 5) is 25.0. The second-order valence-corrected chi connectivity index (χ2v) is 8.30. The van der Waals surface area contributed by atoms with Crippen molar-refractivity contribution < 1.29 is 5.11 Å². The first-order valence-corrected chi connectivity index (χ1v) is 11.0. The Bertz CT molecular complexity index is 1560. The number of fused-ring (bicyclic) bond motifs is 1. The summed E-state index contributed by atoms with van der Waals surface area (Å²) in [5.41, 5.74) is -0.165. The number of para-hydroxylation sites is 2. The fourth-order valence-corrected chi connectivity index (χ4v) is 4.76. The Hall–Kier alpha value is -3.55. The summed E-state index contributed by atoms with van der Waals surface area (Å²) in [7, 11) is 0. The Labute approximate surface area is 183 Å². The zero-order chi connectivity index (χ0) is 21.7. The van der Waals surface area contributed by atoms with E-state index in [-0.39, 0.29) is 11.4 Å². The molecule has 7 heteroatoms. The number of aromatic hydroxyl groups is 1. The van der Waals surface area contributed by atoms with Gasteiger partial charge in [0.15, 0.2) is 5.82 Å². The molecule has 32 heavy (non-hydrogen) atoms. The molecule has 0 saturated carbocycles. The summed E-state index contributed by atoms with van der Waals surface area (Å²) in [5.74, 6) is 0.650. The van der Waals surface area contributed by atoms with Gasteiger partial charge in [0.05, 0.1) is 10.7 Å². The fraction of sp³-hybridized carbons (Fsp3) is 0.240. The van der Waals surface area contributed by atoms with E-state index in [1.807, 2.05) is 54.6 Å². The Morgan fingerprint density at radius 3 is 2.31 bits per heavy atom. The van der Waals surface area contributed by atoms with Crippen molar-refractivity contribution in [1.29, 1.82) is 0 Å². The van der Waals surface area contributed by atoms with Crippen LogP contribution in [0, 0.1) is 0 Å². The van der Waals surface area contributed by atoms with Gasteiger partial charge in [-0.1, -0.05) is 24.3 Å². The van der Waals surface area contributed by atoms with E-state index in [1.54, 1.807) is 0 Å². The van der Waals surface area contributed by atoms with Crippen LogP contribution in [0.4, 0.5) is 0 Å². The maximum absolute atomic E-state index is 13.4. The van der Waals surface area contributed by atoms with Crippen molar-refractivity contribution >= 4 is 27.4 Å². The molecule has 1 aromatic heterocycles. The molecule has 2 aliphatic rings. The predicted molar refractivity (Wildman–Crippen MR) is 124 cm³/mol. The number of hydrogen-bond acceptors (Lipinski definition) is 6. The van der Waals surface area contributed by atoms with E-state index in [0.29, 0.717) is 23.1 Å². The van der Waals surface area contributed by atoms with Crippen LogP contribution in [0.15, 0.2) is 69.4 Å². The average Bonchev–Trinajstić information content (AvgIpc) is 3.27. The standard InChI is InChI=1S/C25H23N5O2/c31-24-18-5-3-4-16-17(23-27-20-6-1-2-7-21(20)28-23)8-9-19(22(16)18)25(32)30(24)15-14-29-12-10-26-11-13-29/h1-9,26,31H,10-15H2. The van der Waals surface area contributed by atoms with E-state index in [9.17, 15) is 9.90 Å². The van der Waals surface area contributed by atoms with Crippen LogP contribution in [0.2, 0.25) is 0 Å². The molecule has 6 rings (SSSR count). The highest BCUT2D eigenvalue weighted by Gasteiger charge is 2.18. The van der Waals surface area contributed by atoms with Crippen LogP contribution >= 0.6 is 0 Å². The normalized spacial score (nSPS) is 16.3. The van der Waals surface area contributed by atoms with Gasteiger partial charge in [0, 0.05) is 60.6 Å². The van der Waals surface area contributed by atoms with Gasteiger partial charge in [-0.25, -0.2) is 9.98 Å². The summed E-state index contributed by atoms with van der Waals surface area (Å²) in [5, 5.41) is 19.9. The molecule has 2 N–H and O–H groups in total. The molecule has 0 unspecified atom stereocenters. The lowest BCUT2D eigenvalue weighted by molar-refractivity contribution is 0.228. The molecule has 1 fully saturated rings. The van der Waals surface area contributed by atoms with Crippen LogP contribution in [0.3, 0.4) is 0 Å². The molecule has 3 aromatic carbocycles. The van der Waals surface area contributed by atoms with Crippen LogP contribution in [0.25, 0.3) is 27.4 Å². The molecule has 0 aliphatic carbocycles. The lowest BCUT2D eigenvalue weighted by Gasteiger charge is -2.27. The molecule has 7 nitrogen and oxygen atoms in total. The molecule has 4 aromatic rings. The minimum atomic E-state index is -0.165. The van der Waals surface area contributed by atoms with Crippen molar-refractivity contribution in [1.82, 2.24) is 14.8 Å². The fourth-order valence-electron chi connectivity index (χ4n) is 4.76. The molecule has 0 radical (unpaired) electrons. The Balaban J connectivity index is 1.54. The van der Waals surface area contributed by atoms with Crippen molar-refractivity contribution in [3.8, 4) is 5.88 Å². The topological polar surface area (TPSA) is 82.2 Å². The third-order valence-corrected chi connectivity index (χ3v) is 6.44. The second-order valence-electron chi connectivity index (χ2n) is 8.30. The number of hydrogen-bond donors (Lipinski definition) is 2. The summed E-state index contributed by atoms with van der Waals surface area (Å²) in [6, 6.07) is 17.3. The smallest absolute Gasteiger partial charge is 0.261 e.